The lowest BCUT2D eigenvalue weighted by atomic mass is 10.2. The Balaban J connectivity index is 1.75. The monoisotopic (exact) mass is 342 g/mol. The van der Waals surface area contributed by atoms with E-state index in [0.29, 0.717) is 6.54 Å². The molecule has 0 bridgehead atoms. The maximum absolute atomic E-state index is 5.96. The molecular weight excluding hydrogens is 320 g/mol. The van der Waals surface area contributed by atoms with Gasteiger partial charge in [0.1, 0.15) is 0 Å². The second-order valence-corrected chi connectivity index (χ2v) is 6.48. The fraction of sp³-hybridized carbons (Fsp3) is 0.316. The highest BCUT2D eigenvalue weighted by Gasteiger charge is 2.17. The smallest absolute Gasteiger partial charge is 0.198 e. The van der Waals surface area contributed by atoms with Crippen molar-refractivity contribution in [3.05, 3.63) is 65.2 Å². The van der Waals surface area contributed by atoms with Gasteiger partial charge in [0.25, 0.3) is 0 Å². The van der Waals surface area contributed by atoms with Crippen molar-refractivity contribution < 1.29 is 0 Å². The van der Waals surface area contributed by atoms with Gasteiger partial charge in [-0.2, -0.15) is 0 Å². The topological polar surface area (TPSA) is 30.9 Å². The minimum atomic E-state index is 0.638. The van der Waals surface area contributed by atoms with Crippen molar-refractivity contribution in [1.82, 2.24) is 9.80 Å². The van der Waals surface area contributed by atoms with E-state index in [2.05, 4.69) is 34.3 Å². The Kier molecular flexibility index (Phi) is 5.72. The number of benzene rings is 2. The number of anilines is 1. The Labute approximate surface area is 148 Å². The normalized spacial score (nSPS) is 16.2. The van der Waals surface area contributed by atoms with E-state index in [1.54, 1.807) is 0 Å². The van der Waals surface area contributed by atoms with Crippen LogP contribution in [0.1, 0.15) is 5.56 Å². The van der Waals surface area contributed by atoms with E-state index < -0.39 is 0 Å². The fourth-order valence-electron chi connectivity index (χ4n) is 2.64. The molecule has 0 spiro atoms. The first-order valence-corrected chi connectivity index (χ1v) is 8.63. The zero-order valence-electron chi connectivity index (χ0n) is 14.0. The number of hydrogen-bond acceptors (Lipinski definition) is 2. The van der Waals surface area contributed by atoms with Crippen LogP contribution in [0.25, 0.3) is 0 Å². The molecule has 4 nitrogen and oxygen atoms in total. The zero-order valence-corrected chi connectivity index (χ0v) is 14.7. The third-order valence-electron chi connectivity index (χ3n) is 4.16. The Hall–Kier alpha value is -2.04. The van der Waals surface area contributed by atoms with E-state index in [1.165, 1.54) is 0 Å². The molecule has 0 aromatic heterocycles. The van der Waals surface area contributed by atoms with Gasteiger partial charge in [-0.1, -0.05) is 41.9 Å². The fourth-order valence-corrected chi connectivity index (χ4v) is 2.77. The molecule has 0 amide bonds. The van der Waals surface area contributed by atoms with Crippen molar-refractivity contribution in [2.45, 2.75) is 6.54 Å². The summed E-state index contributed by atoms with van der Waals surface area (Å²) in [6.07, 6.45) is 0. The first kappa shape index (κ1) is 16.8. The van der Waals surface area contributed by atoms with Crippen LogP contribution in [-0.4, -0.2) is 49.0 Å². The van der Waals surface area contributed by atoms with Gasteiger partial charge in [-0.05, 0) is 36.9 Å². The molecule has 126 valence electrons. The molecule has 1 aliphatic rings. The standard InChI is InChI=1S/C19H23ClN4/c1-23-11-13-24(14-12-23)19(22-18-5-3-2-4-6-18)21-15-16-7-9-17(20)10-8-16/h2-10H,11-15H2,1H3,(H,21,22). The van der Waals surface area contributed by atoms with E-state index >= 15 is 0 Å². The lowest BCUT2D eigenvalue weighted by Gasteiger charge is -2.34. The van der Waals surface area contributed by atoms with Crippen LogP contribution in [-0.2, 0) is 6.54 Å². The number of nitrogens with one attached hydrogen (secondary N) is 1. The van der Waals surface area contributed by atoms with Crippen molar-refractivity contribution >= 4 is 23.2 Å². The second-order valence-electron chi connectivity index (χ2n) is 6.05. The van der Waals surface area contributed by atoms with E-state index in [9.17, 15) is 0 Å². The number of para-hydroxylation sites is 1. The van der Waals surface area contributed by atoms with Crippen LogP contribution >= 0.6 is 11.6 Å². The number of piperazine rings is 1. The quantitative estimate of drug-likeness (QED) is 0.683. The first-order valence-electron chi connectivity index (χ1n) is 8.25. The molecule has 1 fully saturated rings. The van der Waals surface area contributed by atoms with E-state index in [4.69, 9.17) is 16.6 Å². The molecule has 1 saturated heterocycles. The molecule has 1 N–H and O–H groups in total. The van der Waals surface area contributed by atoms with Crippen LogP contribution in [0, 0.1) is 0 Å². The molecule has 2 aromatic carbocycles. The van der Waals surface area contributed by atoms with Crippen LogP contribution in [0.15, 0.2) is 59.6 Å². The summed E-state index contributed by atoms with van der Waals surface area (Å²) in [4.78, 5) is 9.50. The zero-order chi connectivity index (χ0) is 16.8. The van der Waals surface area contributed by atoms with Crippen LogP contribution in [0.5, 0.6) is 0 Å². The molecule has 1 aliphatic heterocycles. The molecule has 3 rings (SSSR count). The molecule has 0 atom stereocenters. The van der Waals surface area contributed by atoms with Gasteiger partial charge in [0, 0.05) is 36.9 Å². The predicted molar refractivity (Wildman–Crippen MR) is 102 cm³/mol. The molecule has 24 heavy (non-hydrogen) atoms. The van der Waals surface area contributed by atoms with Crippen molar-refractivity contribution in [2.24, 2.45) is 4.99 Å². The highest BCUT2D eigenvalue weighted by atomic mass is 35.5. The summed E-state index contributed by atoms with van der Waals surface area (Å²) in [7, 11) is 2.16. The average molecular weight is 343 g/mol. The Morgan fingerprint density at radius 1 is 1.00 bits per heavy atom. The van der Waals surface area contributed by atoms with Crippen LogP contribution in [0.3, 0.4) is 0 Å². The van der Waals surface area contributed by atoms with Crippen molar-refractivity contribution in [3.63, 3.8) is 0 Å². The molecule has 0 saturated carbocycles. The number of hydrogen-bond donors (Lipinski definition) is 1. The number of rotatable bonds is 3. The third-order valence-corrected chi connectivity index (χ3v) is 4.41. The van der Waals surface area contributed by atoms with Crippen LogP contribution in [0.2, 0.25) is 5.02 Å². The second kappa shape index (κ2) is 8.18. The molecule has 0 unspecified atom stereocenters. The van der Waals surface area contributed by atoms with Crippen molar-refractivity contribution in [1.29, 1.82) is 0 Å². The molecular formula is C19H23ClN4. The summed E-state index contributed by atoms with van der Waals surface area (Å²) < 4.78 is 0. The Morgan fingerprint density at radius 3 is 2.33 bits per heavy atom. The van der Waals surface area contributed by atoms with Gasteiger partial charge in [-0.25, -0.2) is 4.99 Å². The average Bonchev–Trinajstić information content (AvgIpc) is 2.62. The highest BCUT2D eigenvalue weighted by Crippen LogP contribution is 2.12. The largest absolute Gasteiger partial charge is 0.340 e. The lowest BCUT2D eigenvalue weighted by molar-refractivity contribution is 0.215. The predicted octanol–water partition coefficient (Wildman–Crippen LogP) is 3.56. The summed E-state index contributed by atoms with van der Waals surface area (Å²) in [5, 5.41) is 4.23. The van der Waals surface area contributed by atoms with Gasteiger partial charge < -0.3 is 15.1 Å². The van der Waals surface area contributed by atoms with Crippen molar-refractivity contribution in [3.8, 4) is 0 Å². The first-order chi connectivity index (χ1) is 11.7. The van der Waals surface area contributed by atoms with Gasteiger partial charge in [0.05, 0.1) is 6.54 Å². The molecule has 2 aromatic rings. The SMILES string of the molecule is CN1CCN(C(=NCc2ccc(Cl)cc2)Nc2ccccc2)CC1. The maximum Gasteiger partial charge on any atom is 0.198 e. The maximum atomic E-state index is 5.96. The minimum Gasteiger partial charge on any atom is -0.340 e. The molecule has 0 radical (unpaired) electrons. The summed E-state index contributed by atoms with van der Waals surface area (Å²) in [5.74, 6) is 0.934. The van der Waals surface area contributed by atoms with Gasteiger partial charge in [-0.15, -0.1) is 0 Å². The van der Waals surface area contributed by atoms with Crippen molar-refractivity contribution in [2.75, 3.05) is 38.5 Å². The number of guanidine groups is 1. The summed E-state index contributed by atoms with van der Waals surface area (Å²) >= 11 is 5.96. The third kappa shape index (κ3) is 4.73. The Morgan fingerprint density at radius 2 is 1.67 bits per heavy atom. The van der Waals surface area contributed by atoms with Crippen LogP contribution < -0.4 is 5.32 Å². The summed E-state index contributed by atoms with van der Waals surface area (Å²) in [6, 6.07) is 18.1. The lowest BCUT2D eigenvalue weighted by Crippen LogP contribution is -2.49. The molecule has 0 aliphatic carbocycles. The summed E-state index contributed by atoms with van der Waals surface area (Å²) in [6.45, 7) is 4.71. The van der Waals surface area contributed by atoms with Gasteiger partial charge in [0.2, 0.25) is 0 Å². The van der Waals surface area contributed by atoms with Gasteiger partial charge >= 0.3 is 0 Å². The molecule has 1 heterocycles. The number of nitrogens with zero attached hydrogens (tertiary/aromatic N) is 3. The van der Waals surface area contributed by atoms with Gasteiger partial charge in [-0.3, -0.25) is 0 Å². The van der Waals surface area contributed by atoms with E-state index in [1.807, 2.05) is 42.5 Å². The van der Waals surface area contributed by atoms with E-state index in [0.717, 1.165) is 48.4 Å². The van der Waals surface area contributed by atoms with E-state index in [-0.39, 0.29) is 0 Å². The van der Waals surface area contributed by atoms with Crippen LogP contribution in [0.4, 0.5) is 5.69 Å². The number of halogens is 1. The number of likely N-dealkylation sites (N-methyl/N-ethyl adjacent to an activating group) is 1. The highest BCUT2D eigenvalue weighted by molar-refractivity contribution is 6.30. The minimum absolute atomic E-state index is 0.638. The summed E-state index contributed by atoms with van der Waals surface area (Å²) in [5.41, 5.74) is 2.21. The Bertz CT molecular complexity index is 662. The van der Waals surface area contributed by atoms with Gasteiger partial charge in [0.15, 0.2) is 5.96 Å². The molecule has 5 heteroatoms. The number of aliphatic imine (C=N–C) groups is 1.